The highest BCUT2D eigenvalue weighted by molar-refractivity contribution is 5.70. The van der Waals surface area contributed by atoms with Crippen LogP contribution in [0.2, 0.25) is 0 Å². The van der Waals surface area contributed by atoms with Crippen LogP contribution in [-0.2, 0) is 4.79 Å². The zero-order chi connectivity index (χ0) is 12.4. The topological polar surface area (TPSA) is 40.5 Å². The maximum absolute atomic E-state index is 11.1. The van der Waals surface area contributed by atoms with Gasteiger partial charge >= 0.3 is 5.97 Å². The molecular formula is C14H25NO2. The number of carbonyl (C=O) groups is 1. The number of piperidine rings is 1. The van der Waals surface area contributed by atoms with Gasteiger partial charge in [0.1, 0.15) is 0 Å². The number of hydrogen-bond acceptors (Lipinski definition) is 2. The molecule has 2 fully saturated rings. The molecule has 98 valence electrons. The van der Waals surface area contributed by atoms with Crippen LogP contribution in [0, 0.1) is 17.8 Å². The normalized spacial score (nSPS) is 40.1. The summed E-state index contributed by atoms with van der Waals surface area (Å²) in [6.07, 6.45) is 5.79. The molecule has 4 atom stereocenters. The number of aliphatic carboxylic acids is 1. The molecule has 1 aliphatic heterocycles. The predicted molar refractivity (Wildman–Crippen MR) is 67.9 cm³/mol. The molecule has 0 aromatic carbocycles. The molecule has 1 aliphatic carbocycles. The van der Waals surface area contributed by atoms with E-state index in [1.165, 1.54) is 19.3 Å². The summed E-state index contributed by atoms with van der Waals surface area (Å²) in [4.78, 5) is 13.5. The Hall–Kier alpha value is -0.570. The average Bonchev–Trinajstić information content (AvgIpc) is 2.29. The zero-order valence-corrected chi connectivity index (χ0v) is 11.1. The van der Waals surface area contributed by atoms with Crippen LogP contribution in [0.4, 0.5) is 0 Å². The lowest BCUT2D eigenvalue weighted by Gasteiger charge is -2.43. The van der Waals surface area contributed by atoms with Gasteiger partial charge in [-0.05, 0) is 50.5 Å². The van der Waals surface area contributed by atoms with Crippen molar-refractivity contribution in [2.45, 2.75) is 52.0 Å². The third-order valence-corrected chi connectivity index (χ3v) is 4.66. The van der Waals surface area contributed by atoms with Crippen molar-refractivity contribution in [1.82, 2.24) is 4.90 Å². The summed E-state index contributed by atoms with van der Waals surface area (Å²) in [5.41, 5.74) is 0. The molecule has 1 heterocycles. The number of hydrogen-bond donors (Lipinski definition) is 1. The van der Waals surface area contributed by atoms with Crippen molar-refractivity contribution in [1.29, 1.82) is 0 Å². The lowest BCUT2D eigenvalue weighted by molar-refractivity contribution is -0.144. The van der Waals surface area contributed by atoms with Crippen molar-refractivity contribution in [3.63, 3.8) is 0 Å². The quantitative estimate of drug-likeness (QED) is 0.805. The SMILES string of the molecule is CC1CCC(N2CCCC(C(=O)O)C2)C(C)C1. The number of carboxylic acids is 1. The maximum Gasteiger partial charge on any atom is 0.307 e. The fourth-order valence-corrected chi connectivity index (χ4v) is 3.70. The minimum absolute atomic E-state index is 0.129. The molecule has 4 unspecified atom stereocenters. The lowest BCUT2D eigenvalue weighted by atomic mass is 9.78. The lowest BCUT2D eigenvalue weighted by Crippen LogP contribution is -2.48. The molecule has 1 saturated heterocycles. The van der Waals surface area contributed by atoms with Gasteiger partial charge in [0.25, 0.3) is 0 Å². The third kappa shape index (κ3) is 3.01. The average molecular weight is 239 g/mol. The first kappa shape index (κ1) is 12.9. The van der Waals surface area contributed by atoms with Gasteiger partial charge in [-0.25, -0.2) is 0 Å². The molecule has 0 amide bonds. The van der Waals surface area contributed by atoms with E-state index < -0.39 is 5.97 Å². The van der Waals surface area contributed by atoms with Crippen LogP contribution in [0.25, 0.3) is 0 Å². The molecule has 0 spiro atoms. The monoisotopic (exact) mass is 239 g/mol. The molecule has 17 heavy (non-hydrogen) atoms. The number of likely N-dealkylation sites (tertiary alicyclic amines) is 1. The Bertz CT molecular complexity index is 279. The van der Waals surface area contributed by atoms with Crippen molar-refractivity contribution >= 4 is 5.97 Å². The first-order valence-corrected chi connectivity index (χ1v) is 7.04. The Balaban J connectivity index is 1.95. The molecule has 2 aliphatic rings. The number of carboxylic acid groups (broad SMARTS) is 1. The van der Waals surface area contributed by atoms with E-state index in [-0.39, 0.29) is 5.92 Å². The largest absolute Gasteiger partial charge is 0.481 e. The van der Waals surface area contributed by atoms with E-state index in [0.29, 0.717) is 6.04 Å². The van der Waals surface area contributed by atoms with Gasteiger partial charge in [0.05, 0.1) is 5.92 Å². The molecule has 3 heteroatoms. The van der Waals surface area contributed by atoms with E-state index in [0.717, 1.165) is 37.8 Å². The first-order chi connectivity index (χ1) is 8.08. The fraction of sp³-hybridized carbons (Fsp3) is 0.929. The van der Waals surface area contributed by atoms with Gasteiger partial charge in [-0.15, -0.1) is 0 Å². The molecule has 1 N–H and O–H groups in total. The van der Waals surface area contributed by atoms with E-state index in [2.05, 4.69) is 18.7 Å². The van der Waals surface area contributed by atoms with E-state index in [4.69, 9.17) is 5.11 Å². The van der Waals surface area contributed by atoms with Crippen molar-refractivity contribution < 1.29 is 9.90 Å². The summed E-state index contributed by atoms with van der Waals surface area (Å²) in [5, 5.41) is 9.14. The summed E-state index contributed by atoms with van der Waals surface area (Å²) in [6, 6.07) is 0.633. The fourth-order valence-electron chi connectivity index (χ4n) is 3.70. The summed E-state index contributed by atoms with van der Waals surface area (Å²) in [5.74, 6) is 0.842. The third-order valence-electron chi connectivity index (χ3n) is 4.66. The molecule has 0 bridgehead atoms. The van der Waals surface area contributed by atoms with Crippen LogP contribution in [0.15, 0.2) is 0 Å². The first-order valence-electron chi connectivity index (χ1n) is 7.04. The molecule has 0 aromatic heterocycles. The molecule has 2 rings (SSSR count). The van der Waals surface area contributed by atoms with Crippen molar-refractivity contribution in [3.05, 3.63) is 0 Å². The molecule has 0 radical (unpaired) electrons. The minimum Gasteiger partial charge on any atom is -0.481 e. The summed E-state index contributed by atoms with van der Waals surface area (Å²) in [7, 11) is 0. The van der Waals surface area contributed by atoms with Crippen LogP contribution in [-0.4, -0.2) is 35.1 Å². The van der Waals surface area contributed by atoms with E-state index in [1.54, 1.807) is 0 Å². The van der Waals surface area contributed by atoms with Crippen LogP contribution < -0.4 is 0 Å². The Kier molecular flexibility index (Phi) is 4.08. The van der Waals surface area contributed by atoms with Crippen LogP contribution in [0.5, 0.6) is 0 Å². The predicted octanol–water partition coefficient (Wildman–Crippen LogP) is 2.61. The summed E-state index contributed by atoms with van der Waals surface area (Å²) >= 11 is 0. The smallest absolute Gasteiger partial charge is 0.307 e. The Morgan fingerprint density at radius 3 is 2.65 bits per heavy atom. The van der Waals surface area contributed by atoms with E-state index >= 15 is 0 Å². The number of nitrogens with zero attached hydrogens (tertiary/aromatic N) is 1. The second kappa shape index (κ2) is 5.38. The van der Waals surface area contributed by atoms with Gasteiger partial charge in [0.2, 0.25) is 0 Å². The number of rotatable bonds is 2. The Labute approximate surface area is 104 Å². The minimum atomic E-state index is -0.605. The van der Waals surface area contributed by atoms with Crippen molar-refractivity contribution in [2.24, 2.45) is 17.8 Å². The van der Waals surface area contributed by atoms with E-state index in [9.17, 15) is 4.79 Å². The van der Waals surface area contributed by atoms with Gasteiger partial charge in [-0.1, -0.05) is 13.8 Å². The van der Waals surface area contributed by atoms with Gasteiger partial charge in [-0.3, -0.25) is 9.69 Å². The van der Waals surface area contributed by atoms with Crippen LogP contribution in [0.3, 0.4) is 0 Å². The maximum atomic E-state index is 11.1. The van der Waals surface area contributed by atoms with Gasteiger partial charge in [-0.2, -0.15) is 0 Å². The Morgan fingerprint density at radius 2 is 2.00 bits per heavy atom. The van der Waals surface area contributed by atoms with E-state index in [1.807, 2.05) is 0 Å². The highest BCUT2D eigenvalue weighted by Crippen LogP contribution is 2.33. The molecule has 3 nitrogen and oxygen atoms in total. The zero-order valence-electron chi connectivity index (χ0n) is 11.1. The second-order valence-electron chi connectivity index (χ2n) is 6.14. The second-order valence-corrected chi connectivity index (χ2v) is 6.14. The van der Waals surface area contributed by atoms with Crippen molar-refractivity contribution in [2.75, 3.05) is 13.1 Å². The van der Waals surface area contributed by atoms with Gasteiger partial charge in [0.15, 0.2) is 0 Å². The molecule has 1 saturated carbocycles. The highest BCUT2D eigenvalue weighted by Gasteiger charge is 2.34. The molecule has 0 aromatic rings. The van der Waals surface area contributed by atoms with Crippen molar-refractivity contribution in [3.8, 4) is 0 Å². The van der Waals surface area contributed by atoms with Gasteiger partial charge in [0, 0.05) is 12.6 Å². The van der Waals surface area contributed by atoms with Gasteiger partial charge < -0.3 is 5.11 Å². The summed E-state index contributed by atoms with van der Waals surface area (Å²) in [6.45, 7) is 6.56. The Morgan fingerprint density at radius 1 is 1.24 bits per heavy atom. The standard InChI is InChI=1S/C14H25NO2/c1-10-5-6-13(11(2)8-10)15-7-3-4-12(9-15)14(16)17/h10-13H,3-9H2,1-2H3,(H,16,17). The van der Waals surface area contributed by atoms with Crippen LogP contribution in [0.1, 0.15) is 46.0 Å². The van der Waals surface area contributed by atoms with Crippen LogP contribution >= 0.6 is 0 Å². The summed E-state index contributed by atoms with van der Waals surface area (Å²) < 4.78 is 0. The molecular weight excluding hydrogens is 214 g/mol. The highest BCUT2D eigenvalue weighted by atomic mass is 16.4.